The summed E-state index contributed by atoms with van der Waals surface area (Å²) in [5.41, 5.74) is -0.352. The maximum absolute atomic E-state index is 12.6. The fourth-order valence-electron chi connectivity index (χ4n) is 3.45. The molecule has 0 spiro atoms. The molecule has 1 amide bonds. The Balaban J connectivity index is 2.21. The summed E-state index contributed by atoms with van der Waals surface area (Å²) in [5, 5.41) is 12.7. The Morgan fingerprint density at radius 1 is 1.32 bits per heavy atom. The van der Waals surface area contributed by atoms with Crippen molar-refractivity contribution in [3.8, 4) is 0 Å². The maximum Gasteiger partial charge on any atom is 0.326 e. The van der Waals surface area contributed by atoms with Crippen LogP contribution in [0.1, 0.15) is 33.6 Å². The smallest absolute Gasteiger partial charge is 0.326 e. The summed E-state index contributed by atoms with van der Waals surface area (Å²) in [6, 6.07) is -0.693. The molecule has 2 heterocycles. The molecule has 2 aliphatic heterocycles. The number of piperidine rings is 1. The highest BCUT2D eigenvalue weighted by Crippen LogP contribution is 2.36. The first-order chi connectivity index (χ1) is 8.84. The second kappa shape index (κ2) is 5.12. The molecular formula is C14H24N2O3. The van der Waals surface area contributed by atoms with Crippen LogP contribution in [0, 0.1) is 17.3 Å². The first-order valence-corrected chi connectivity index (χ1v) is 7.08. The number of nitrogens with one attached hydrogen (secondary N) is 1. The zero-order valence-corrected chi connectivity index (χ0v) is 12.0. The van der Waals surface area contributed by atoms with E-state index in [-0.39, 0.29) is 23.2 Å². The SMILES string of the molecule is CC1CNCC1C(=O)N1CCCC(C)(C)C1C(=O)O. The van der Waals surface area contributed by atoms with Crippen LogP contribution in [-0.2, 0) is 9.59 Å². The van der Waals surface area contributed by atoms with Gasteiger partial charge < -0.3 is 15.3 Å². The van der Waals surface area contributed by atoms with Crippen molar-refractivity contribution in [1.82, 2.24) is 10.2 Å². The van der Waals surface area contributed by atoms with Crippen molar-refractivity contribution in [3.05, 3.63) is 0 Å². The predicted molar refractivity (Wildman–Crippen MR) is 71.7 cm³/mol. The first-order valence-electron chi connectivity index (χ1n) is 7.08. The van der Waals surface area contributed by atoms with Crippen molar-refractivity contribution in [3.63, 3.8) is 0 Å². The van der Waals surface area contributed by atoms with Crippen LogP contribution in [0.2, 0.25) is 0 Å². The van der Waals surface area contributed by atoms with E-state index >= 15 is 0 Å². The largest absolute Gasteiger partial charge is 0.480 e. The van der Waals surface area contributed by atoms with E-state index in [4.69, 9.17) is 0 Å². The lowest BCUT2D eigenvalue weighted by Gasteiger charge is -2.45. The molecule has 108 valence electrons. The maximum atomic E-state index is 12.6. The predicted octanol–water partition coefficient (Wildman–Crippen LogP) is 0.944. The van der Waals surface area contributed by atoms with Gasteiger partial charge in [0.1, 0.15) is 6.04 Å². The van der Waals surface area contributed by atoms with Crippen LogP contribution in [0.3, 0.4) is 0 Å². The number of carbonyl (C=O) groups excluding carboxylic acids is 1. The third-order valence-electron chi connectivity index (χ3n) is 4.62. The summed E-state index contributed by atoms with van der Waals surface area (Å²) in [4.78, 5) is 25.8. The van der Waals surface area contributed by atoms with E-state index in [2.05, 4.69) is 5.32 Å². The lowest BCUT2D eigenvalue weighted by molar-refractivity contribution is -0.161. The lowest BCUT2D eigenvalue weighted by Crippen LogP contribution is -2.58. The summed E-state index contributed by atoms with van der Waals surface area (Å²) < 4.78 is 0. The quantitative estimate of drug-likeness (QED) is 0.782. The van der Waals surface area contributed by atoms with Crippen LogP contribution >= 0.6 is 0 Å². The van der Waals surface area contributed by atoms with Crippen molar-refractivity contribution in [1.29, 1.82) is 0 Å². The number of hydrogen-bond acceptors (Lipinski definition) is 3. The molecular weight excluding hydrogens is 244 g/mol. The average molecular weight is 268 g/mol. The van der Waals surface area contributed by atoms with Crippen LogP contribution in [0.25, 0.3) is 0 Å². The molecule has 2 fully saturated rings. The van der Waals surface area contributed by atoms with E-state index in [1.807, 2.05) is 20.8 Å². The average Bonchev–Trinajstić information content (AvgIpc) is 2.72. The number of aliphatic carboxylic acids is 1. The minimum atomic E-state index is -0.878. The molecule has 2 rings (SSSR count). The van der Waals surface area contributed by atoms with E-state index < -0.39 is 12.0 Å². The van der Waals surface area contributed by atoms with Gasteiger partial charge in [-0.1, -0.05) is 20.8 Å². The van der Waals surface area contributed by atoms with Gasteiger partial charge in [0.05, 0.1) is 5.92 Å². The second-order valence-electron chi connectivity index (χ2n) is 6.61. The van der Waals surface area contributed by atoms with E-state index in [0.29, 0.717) is 13.1 Å². The normalized spacial score (nSPS) is 34.3. The van der Waals surface area contributed by atoms with E-state index in [0.717, 1.165) is 19.4 Å². The van der Waals surface area contributed by atoms with Gasteiger partial charge in [-0.3, -0.25) is 4.79 Å². The van der Waals surface area contributed by atoms with Crippen LogP contribution in [0.15, 0.2) is 0 Å². The molecule has 0 radical (unpaired) electrons. The van der Waals surface area contributed by atoms with Crippen molar-refractivity contribution >= 4 is 11.9 Å². The van der Waals surface area contributed by atoms with Crippen molar-refractivity contribution in [2.45, 2.75) is 39.7 Å². The van der Waals surface area contributed by atoms with Gasteiger partial charge in [0, 0.05) is 13.1 Å². The molecule has 0 bridgehead atoms. The Morgan fingerprint density at radius 3 is 2.53 bits per heavy atom. The minimum absolute atomic E-state index is 0.0117. The van der Waals surface area contributed by atoms with E-state index in [9.17, 15) is 14.7 Å². The van der Waals surface area contributed by atoms with E-state index in [1.165, 1.54) is 0 Å². The molecule has 0 aromatic rings. The van der Waals surface area contributed by atoms with Gasteiger partial charge in [0.2, 0.25) is 5.91 Å². The van der Waals surface area contributed by atoms with Crippen LogP contribution in [0.4, 0.5) is 0 Å². The molecule has 0 aromatic heterocycles. The van der Waals surface area contributed by atoms with Crippen molar-refractivity contribution in [2.24, 2.45) is 17.3 Å². The molecule has 2 aliphatic rings. The molecule has 5 nitrogen and oxygen atoms in total. The number of nitrogens with zero attached hydrogens (tertiary/aromatic N) is 1. The van der Waals surface area contributed by atoms with Crippen LogP contribution < -0.4 is 5.32 Å². The monoisotopic (exact) mass is 268 g/mol. The highest BCUT2D eigenvalue weighted by molar-refractivity contribution is 5.86. The Bertz CT molecular complexity index is 381. The standard InChI is InChI=1S/C14H24N2O3/c1-9-7-15-8-10(9)12(17)16-6-4-5-14(2,3)11(16)13(18)19/h9-11,15H,4-8H2,1-3H3,(H,18,19). The number of carboxylic acid groups (broad SMARTS) is 1. The second-order valence-corrected chi connectivity index (χ2v) is 6.61. The van der Waals surface area contributed by atoms with Crippen molar-refractivity contribution < 1.29 is 14.7 Å². The Labute approximate surface area is 114 Å². The number of carbonyl (C=O) groups is 2. The van der Waals surface area contributed by atoms with Crippen LogP contribution in [-0.4, -0.2) is 47.6 Å². The number of rotatable bonds is 2. The highest BCUT2D eigenvalue weighted by atomic mass is 16.4. The fraction of sp³-hybridized carbons (Fsp3) is 0.857. The summed E-state index contributed by atoms with van der Waals surface area (Å²) in [7, 11) is 0. The summed E-state index contributed by atoms with van der Waals surface area (Å²) >= 11 is 0. The summed E-state index contributed by atoms with van der Waals surface area (Å²) in [5.74, 6) is -0.655. The van der Waals surface area contributed by atoms with Gasteiger partial charge in [-0.2, -0.15) is 0 Å². The van der Waals surface area contributed by atoms with Gasteiger partial charge in [-0.25, -0.2) is 4.79 Å². The zero-order valence-electron chi connectivity index (χ0n) is 12.0. The summed E-state index contributed by atoms with van der Waals surface area (Å²) in [6.07, 6.45) is 1.74. The number of likely N-dealkylation sites (tertiary alicyclic amines) is 1. The Hall–Kier alpha value is -1.10. The highest BCUT2D eigenvalue weighted by Gasteiger charge is 2.46. The third-order valence-corrected chi connectivity index (χ3v) is 4.62. The van der Waals surface area contributed by atoms with Gasteiger partial charge in [-0.05, 0) is 30.7 Å². The van der Waals surface area contributed by atoms with Gasteiger partial charge >= 0.3 is 5.97 Å². The van der Waals surface area contributed by atoms with Crippen LogP contribution in [0.5, 0.6) is 0 Å². The zero-order chi connectivity index (χ0) is 14.2. The number of amides is 1. The Morgan fingerprint density at radius 2 is 2.00 bits per heavy atom. The first kappa shape index (κ1) is 14.3. The third kappa shape index (κ3) is 2.61. The molecule has 2 N–H and O–H groups in total. The molecule has 3 unspecified atom stereocenters. The molecule has 0 aliphatic carbocycles. The minimum Gasteiger partial charge on any atom is -0.480 e. The van der Waals surface area contributed by atoms with E-state index in [1.54, 1.807) is 4.90 Å². The lowest BCUT2D eigenvalue weighted by atomic mass is 9.75. The number of hydrogen-bond donors (Lipinski definition) is 2. The molecule has 0 aromatic carbocycles. The number of carboxylic acids is 1. The molecule has 5 heteroatoms. The fourth-order valence-corrected chi connectivity index (χ4v) is 3.45. The summed E-state index contributed by atoms with van der Waals surface area (Å²) in [6.45, 7) is 8.02. The molecule has 19 heavy (non-hydrogen) atoms. The topological polar surface area (TPSA) is 69.6 Å². The van der Waals surface area contributed by atoms with Gasteiger partial charge in [0.25, 0.3) is 0 Å². The molecule has 0 saturated carbocycles. The Kier molecular flexibility index (Phi) is 3.85. The molecule has 2 saturated heterocycles. The molecule has 3 atom stereocenters. The van der Waals surface area contributed by atoms with Gasteiger partial charge in [-0.15, -0.1) is 0 Å². The van der Waals surface area contributed by atoms with Gasteiger partial charge in [0.15, 0.2) is 0 Å². The van der Waals surface area contributed by atoms with Crippen molar-refractivity contribution in [2.75, 3.05) is 19.6 Å².